The molecule has 1 atom stereocenters. The Morgan fingerprint density at radius 3 is 2.83 bits per heavy atom. The molecule has 1 amide bonds. The molecule has 29 heavy (non-hydrogen) atoms. The van der Waals surface area contributed by atoms with Crippen LogP contribution < -0.4 is 10.1 Å². The van der Waals surface area contributed by atoms with Gasteiger partial charge in [0.25, 0.3) is 5.91 Å². The quantitative estimate of drug-likeness (QED) is 0.647. The molecule has 152 valence electrons. The van der Waals surface area contributed by atoms with E-state index in [0.29, 0.717) is 12.2 Å². The van der Waals surface area contributed by atoms with Crippen LogP contribution in [0.2, 0.25) is 0 Å². The molecule has 4 rings (SSSR count). The molecule has 3 aromatic rings. The van der Waals surface area contributed by atoms with Crippen LogP contribution in [-0.2, 0) is 7.05 Å². The fourth-order valence-corrected chi connectivity index (χ4v) is 4.53. The van der Waals surface area contributed by atoms with Crippen molar-refractivity contribution >= 4 is 17.2 Å². The van der Waals surface area contributed by atoms with Crippen molar-refractivity contribution in [2.24, 2.45) is 7.05 Å². The normalized spacial score (nSPS) is 15.4. The van der Waals surface area contributed by atoms with Crippen LogP contribution >= 0.6 is 11.3 Å². The maximum absolute atomic E-state index is 12.8. The lowest BCUT2D eigenvalue weighted by Crippen LogP contribution is -2.37. The van der Waals surface area contributed by atoms with Gasteiger partial charge in [0.2, 0.25) is 0 Å². The molecule has 1 aliphatic heterocycles. The summed E-state index contributed by atoms with van der Waals surface area (Å²) in [6, 6.07) is 8.12. The van der Waals surface area contributed by atoms with E-state index in [0.717, 1.165) is 35.0 Å². The van der Waals surface area contributed by atoms with E-state index >= 15 is 0 Å². The molecule has 3 heterocycles. The van der Waals surface area contributed by atoms with Crippen LogP contribution in [0.15, 0.2) is 42.0 Å². The van der Waals surface area contributed by atoms with Crippen molar-refractivity contribution in [2.45, 2.75) is 18.9 Å². The number of nitrogens with one attached hydrogen (secondary N) is 1. The smallest absolute Gasteiger partial charge is 0.270 e. The number of ether oxygens (including phenoxy) is 1. The van der Waals surface area contributed by atoms with Gasteiger partial charge in [-0.1, -0.05) is 18.2 Å². The minimum absolute atomic E-state index is 0.0778. The van der Waals surface area contributed by atoms with Crippen molar-refractivity contribution < 1.29 is 9.53 Å². The van der Waals surface area contributed by atoms with E-state index < -0.39 is 0 Å². The van der Waals surface area contributed by atoms with Crippen molar-refractivity contribution in [2.75, 3.05) is 26.7 Å². The number of carbonyl (C=O) groups is 1. The van der Waals surface area contributed by atoms with Gasteiger partial charge in [-0.25, -0.2) is 4.98 Å². The number of para-hydroxylation sites is 1. The third-order valence-corrected chi connectivity index (χ3v) is 6.12. The molecule has 0 aliphatic carbocycles. The van der Waals surface area contributed by atoms with Crippen LogP contribution in [0.4, 0.5) is 0 Å². The molecule has 1 N–H and O–H groups in total. The van der Waals surface area contributed by atoms with Crippen LogP contribution in [0, 0.1) is 0 Å². The summed E-state index contributed by atoms with van der Waals surface area (Å²) in [6.07, 6.45) is 6.01. The molecular weight excluding hydrogens is 386 g/mol. The highest BCUT2D eigenvalue weighted by Gasteiger charge is 2.26. The number of likely N-dealkylation sites (tertiary alicyclic amines) is 1. The number of aryl methyl sites for hydroxylation is 1. The third kappa shape index (κ3) is 4.33. The average molecular weight is 412 g/mol. The summed E-state index contributed by atoms with van der Waals surface area (Å²) in [5.41, 5.74) is 2.46. The number of aromatic nitrogens is 3. The molecule has 8 heteroatoms. The summed E-state index contributed by atoms with van der Waals surface area (Å²) in [5, 5.41) is 9.84. The topological polar surface area (TPSA) is 72.3 Å². The number of rotatable bonds is 7. The molecular formula is C21H25N5O2S. The highest BCUT2D eigenvalue weighted by molar-refractivity contribution is 7.13. The zero-order valence-corrected chi connectivity index (χ0v) is 17.5. The predicted molar refractivity (Wildman–Crippen MR) is 113 cm³/mol. The second-order valence-corrected chi connectivity index (χ2v) is 8.01. The highest BCUT2D eigenvalue weighted by atomic mass is 32.1. The Kier molecular flexibility index (Phi) is 5.92. The molecule has 0 radical (unpaired) electrons. The molecule has 1 unspecified atom stereocenters. The second-order valence-electron chi connectivity index (χ2n) is 7.15. The molecule has 1 aliphatic rings. The van der Waals surface area contributed by atoms with E-state index in [1.807, 2.05) is 31.4 Å². The number of thiazole rings is 1. The average Bonchev–Trinajstić information content (AvgIpc) is 3.50. The van der Waals surface area contributed by atoms with Gasteiger partial charge in [-0.2, -0.15) is 5.10 Å². The Labute approximate surface area is 174 Å². The number of methoxy groups -OCH3 is 1. The first-order valence-electron chi connectivity index (χ1n) is 9.75. The summed E-state index contributed by atoms with van der Waals surface area (Å²) in [5.74, 6) is 0.696. The second kappa shape index (κ2) is 8.75. The van der Waals surface area contributed by atoms with Gasteiger partial charge in [-0.3, -0.25) is 14.4 Å². The predicted octanol–water partition coefficient (Wildman–Crippen LogP) is 3.12. The van der Waals surface area contributed by atoms with Gasteiger partial charge < -0.3 is 10.1 Å². The lowest BCUT2D eigenvalue weighted by Gasteiger charge is -2.29. The highest BCUT2D eigenvalue weighted by Crippen LogP contribution is 2.31. The van der Waals surface area contributed by atoms with Crippen molar-refractivity contribution in [3.8, 4) is 16.3 Å². The van der Waals surface area contributed by atoms with Gasteiger partial charge in [0.1, 0.15) is 16.5 Å². The number of benzene rings is 1. The van der Waals surface area contributed by atoms with Crippen molar-refractivity contribution in [3.63, 3.8) is 0 Å². The monoisotopic (exact) mass is 411 g/mol. The molecule has 0 saturated carbocycles. The lowest BCUT2D eigenvalue weighted by atomic mass is 10.0. The van der Waals surface area contributed by atoms with Gasteiger partial charge in [-0.15, -0.1) is 11.3 Å². The van der Waals surface area contributed by atoms with E-state index in [-0.39, 0.29) is 11.9 Å². The van der Waals surface area contributed by atoms with Gasteiger partial charge in [0.05, 0.1) is 19.3 Å². The maximum atomic E-state index is 12.8. The van der Waals surface area contributed by atoms with E-state index in [1.54, 1.807) is 23.4 Å². The largest absolute Gasteiger partial charge is 0.496 e. The third-order valence-electron chi connectivity index (χ3n) is 5.22. The molecule has 2 aromatic heterocycles. The molecule has 0 bridgehead atoms. The van der Waals surface area contributed by atoms with E-state index in [4.69, 9.17) is 4.74 Å². The standard InChI is InChI=1S/C21H25N5O2S/c1-25-13-15(11-23-25)21-24-17(14-29-21)20(27)22-12-18(26-9-5-6-10-26)16-7-3-4-8-19(16)28-2/h3-4,7-8,11,13-14,18H,5-6,9-10,12H2,1-2H3,(H,22,27). The number of amides is 1. The number of hydrogen-bond acceptors (Lipinski definition) is 6. The SMILES string of the molecule is COc1ccccc1C(CNC(=O)c1csc(-c2cnn(C)c2)n1)N1CCCC1. The van der Waals surface area contributed by atoms with Gasteiger partial charge in [-0.05, 0) is 32.0 Å². The minimum Gasteiger partial charge on any atom is -0.496 e. The first-order chi connectivity index (χ1) is 14.2. The summed E-state index contributed by atoms with van der Waals surface area (Å²) >= 11 is 1.45. The Balaban J connectivity index is 1.48. The summed E-state index contributed by atoms with van der Waals surface area (Å²) in [4.78, 5) is 19.7. The molecule has 0 spiro atoms. The lowest BCUT2D eigenvalue weighted by molar-refractivity contribution is 0.0933. The molecule has 7 nitrogen and oxygen atoms in total. The van der Waals surface area contributed by atoms with Crippen molar-refractivity contribution in [1.29, 1.82) is 0 Å². The molecule has 1 aromatic carbocycles. The zero-order chi connectivity index (χ0) is 20.2. The summed E-state index contributed by atoms with van der Waals surface area (Å²) in [7, 11) is 3.55. The summed E-state index contributed by atoms with van der Waals surface area (Å²) in [6.45, 7) is 2.57. The number of carbonyl (C=O) groups excluding carboxylic acids is 1. The number of nitrogens with zero attached hydrogens (tertiary/aromatic N) is 4. The molecule has 1 fully saturated rings. The van der Waals surface area contributed by atoms with Crippen LogP contribution in [0.3, 0.4) is 0 Å². The minimum atomic E-state index is -0.157. The Hall–Kier alpha value is -2.71. The van der Waals surface area contributed by atoms with Crippen LogP contribution in [-0.4, -0.2) is 52.3 Å². The Bertz CT molecular complexity index is 977. The van der Waals surface area contributed by atoms with Gasteiger partial charge >= 0.3 is 0 Å². The van der Waals surface area contributed by atoms with E-state index in [1.165, 1.54) is 24.2 Å². The first kappa shape index (κ1) is 19.6. The Morgan fingerprint density at radius 2 is 2.10 bits per heavy atom. The van der Waals surface area contributed by atoms with E-state index in [9.17, 15) is 4.79 Å². The van der Waals surface area contributed by atoms with Gasteiger partial charge in [0.15, 0.2) is 0 Å². The molecule has 1 saturated heterocycles. The van der Waals surface area contributed by atoms with E-state index in [2.05, 4.69) is 26.4 Å². The summed E-state index contributed by atoms with van der Waals surface area (Å²) < 4.78 is 7.30. The van der Waals surface area contributed by atoms with Crippen molar-refractivity contribution in [3.05, 3.63) is 53.3 Å². The Morgan fingerprint density at radius 1 is 1.31 bits per heavy atom. The zero-order valence-electron chi connectivity index (χ0n) is 16.7. The van der Waals surface area contributed by atoms with Gasteiger partial charge in [0, 0.05) is 36.3 Å². The fourth-order valence-electron chi connectivity index (χ4n) is 3.75. The fraction of sp³-hybridized carbons (Fsp3) is 0.381. The first-order valence-corrected chi connectivity index (χ1v) is 10.6. The maximum Gasteiger partial charge on any atom is 0.270 e. The number of hydrogen-bond donors (Lipinski definition) is 1. The van der Waals surface area contributed by atoms with Crippen molar-refractivity contribution in [1.82, 2.24) is 25.0 Å². The van der Waals surface area contributed by atoms with Crippen LogP contribution in [0.5, 0.6) is 5.75 Å². The van der Waals surface area contributed by atoms with Crippen LogP contribution in [0.1, 0.15) is 34.9 Å². The van der Waals surface area contributed by atoms with Crippen LogP contribution in [0.25, 0.3) is 10.6 Å².